The first-order chi connectivity index (χ1) is 14.0. The fourth-order valence-electron chi connectivity index (χ4n) is 3.22. The number of aryl methyl sites for hydroxylation is 1. The van der Waals surface area contributed by atoms with E-state index in [1.54, 1.807) is 31.4 Å². The van der Waals surface area contributed by atoms with Gasteiger partial charge in [0.05, 0.1) is 24.8 Å². The predicted octanol–water partition coefficient (Wildman–Crippen LogP) is 2.35. The van der Waals surface area contributed by atoms with Crippen molar-refractivity contribution in [1.82, 2.24) is 15.5 Å². The van der Waals surface area contributed by atoms with Gasteiger partial charge in [0.1, 0.15) is 5.75 Å². The quantitative estimate of drug-likeness (QED) is 0.428. The van der Waals surface area contributed by atoms with Crippen LogP contribution in [-0.4, -0.2) is 49.4 Å². The minimum atomic E-state index is -0.251. The van der Waals surface area contributed by atoms with Crippen molar-refractivity contribution in [3.05, 3.63) is 64.7 Å². The molecule has 0 unspecified atom stereocenters. The Hall–Kier alpha value is -3.35. The van der Waals surface area contributed by atoms with E-state index in [4.69, 9.17) is 4.74 Å². The van der Waals surface area contributed by atoms with Gasteiger partial charge in [-0.2, -0.15) is 0 Å². The van der Waals surface area contributed by atoms with Gasteiger partial charge >= 0.3 is 0 Å². The summed E-state index contributed by atoms with van der Waals surface area (Å²) in [6, 6.07) is 12.9. The summed E-state index contributed by atoms with van der Waals surface area (Å²) in [5, 5.41) is 6.36. The SMILES string of the molecule is CCNC(=NCc1ccc(C)cc1OC)NCCN1C(=O)c2ccccc2C1=O. The largest absolute Gasteiger partial charge is 0.496 e. The van der Waals surface area contributed by atoms with Crippen LogP contribution in [0.1, 0.15) is 38.8 Å². The van der Waals surface area contributed by atoms with E-state index in [1.807, 2.05) is 32.0 Å². The van der Waals surface area contributed by atoms with Crippen molar-refractivity contribution in [2.45, 2.75) is 20.4 Å². The van der Waals surface area contributed by atoms with Gasteiger partial charge in [-0.25, -0.2) is 4.99 Å². The summed E-state index contributed by atoms with van der Waals surface area (Å²) in [4.78, 5) is 30.7. The van der Waals surface area contributed by atoms with Crippen LogP contribution in [0.3, 0.4) is 0 Å². The van der Waals surface area contributed by atoms with Crippen LogP contribution in [0, 0.1) is 6.92 Å². The Morgan fingerprint density at radius 1 is 1.07 bits per heavy atom. The van der Waals surface area contributed by atoms with Crippen LogP contribution < -0.4 is 15.4 Å². The molecular formula is C22H26N4O3. The fourth-order valence-corrected chi connectivity index (χ4v) is 3.22. The highest BCUT2D eigenvalue weighted by Gasteiger charge is 2.34. The smallest absolute Gasteiger partial charge is 0.261 e. The number of carbonyl (C=O) groups is 2. The molecule has 2 amide bonds. The first kappa shape index (κ1) is 20.4. The van der Waals surface area contributed by atoms with Crippen LogP contribution in [0.5, 0.6) is 5.75 Å². The summed E-state index contributed by atoms with van der Waals surface area (Å²) in [6.07, 6.45) is 0. The maximum absolute atomic E-state index is 12.4. The third kappa shape index (κ3) is 4.56. The van der Waals surface area contributed by atoms with E-state index in [9.17, 15) is 9.59 Å². The summed E-state index contributed by atoms with van der Waals surface area (Å²) in [7, 11) is 1.65. The number of imide groups is 1. The molecule has 152 valence electrons. The molecule has 1 aliphatic rings. The third-order valence-electron chi connectivity index (χ3n) is 4.70. The number of amides is 2. The molecule has 0 saturated heterocycles. The Morgan fingerprint density at radius 2 is 1.76 bits per heavy atom. The number of carbonyl (C=O) groups excluding carboxylic acids is 2. The monoisotopic (exact) mass is 394 g/mol. The van der Waals surface area contributed by atoms with Gasteiger partial charge in [0.2, 0.25) is 0 Å². The summed E-state index contributed by atoms with van der Waals surface area (Å²) in [6.45, 7) is 5.82. The van der Waals surface area contributed by atoms with Crippen molar-refractivity contribution in [2.24, 2.45) is 4.99 Å². The molecule has 0 fully saturated rings. The topological polar surface area (TPSA) is 83.0 Å². The predicted molar refractivity (Wildman–Crippen MR) is 112 cm³/mol. The molecule has 2 aromatic carbocycles. The zero-order chi connectivity index (χ0) is 20.8. The summed E-state index contributed by atoms with van der Waals surface area (Å²) < 4.78 is 5.43. The Balaban J connectivity index is 1.61. The Kier molecular flexibility index (Phi) is 6.49. The molecule has 2 N–H and O–H groups in total. The lowest BCUT2D eigenvalue weighted by Crippen LogP contribution is -2.43. The van der Waals surface area contributed by atoms with Crippen LogP contribution >= 0.6 is 0 Å². The lowest BCUT2D eigenvalue weighted by atomic mass is 10.1. The van der Waals surface area contributed by atoms with Crippen LogP contribution in [0.25, 0.3) is 0 Å². The maximum Gasteiger partial charge on any atom is 0.261 e. The molecule has 0 atom stereocenters. The Morgan fingerprint density at radius 3 is 2.38 bits per heavy atom. The molecule has 0 radical (unpaired) electrons. The zero-order valence-corrected chi connectivity index (χ0v) is 17.0. The van der Waals surface area contributed by atoms with Gasteiger partial charge in [-0.1, -0.05) is 24.3 Å². The van der Waals surface area contributed by atoms with Gasteiger partial charge in [0.15, 0.2) is 5.96 Å². The van der Waals surface area contributed by atoms with E-state index in [0.29, 0.717) is 36.7 Å². The van der Waals surface area contributed by atoms with Crippen LogP contribution in [0.2, 0.25) is 0 Å². The van der Waals surface area contributed by atoms with Gasteiger partial charge < -0.3 is 15.4 Å². The number of benzene rings is 2. The van der Waals surface area contributed by atoms with Crippen LogP contribution in [0.4, 0.5) is 0 Å². The second-order valence-corrected chi connectivity index (χ2v) is 6.74. The number of aliphatic imine (C=N–C) groups is 1. The minimum absolute atomic E-state index is 0.251. The van der Waals surface area contributed by atoms with Crippen molar-refractivity contribution in [2.75, 3.05) is 26.7 Å². The van der Waals surface area contributed by atoms with E-state index < -0.39 is 0 Å². The first-order valence-corrected chi connectivity index (χ1v) is 9.66. The molecular weight excluding hydrogens is 368 g/mol. The van der Waals surface area contributed by atoms with Gasteiger partial charge in [-0.15, -0.1) is 0 Å². The third-order valence-corrected chi connectivity index (χ3v) is 4.70. The molecule has 0 spiro atoms. The molecule has 0 aromatic heterocycles. The van der Waals surface area contributed by atoms with E-state index in [0.717, 1.165) is 16.9 Å². The van der Waals surface area contributed by atoms with Gasteiger partial charge in [0.25, 0.3) is 11.8 Å². The number of methoxy groups -OCH3 is 1. The molecule has 3 rings (SSSR count). The van der Waals surface area contributed by atoms with Crippen molar-refractivity contribution in [3.63, 3.8) is 0 Å². The fraction of sp³-hybridized carbons (Fsp3) is 0.318. The first-order valence-electron chi connectivity index (χ1n) is 9.66. The standard InChI is InChI=1S/C22H26N4O3/c1-4-23-22(25-14-16-10-9-15(2)13-19(16)29-3)24-11-12-26-20(27)17-7-5-6-8-18(17)21(26)28/h5-10,13H,4,11-12,14H2,1-3H3,(H2,23,24,25). The molecule has 29 heavy (non-hydrogen) atoms. The normalized spacial score (nSPS) is 13.5. The van der Waals surface area contributed by atoms with E-state index in [1.165, 1.54) is 4.90 Å². The lowest BCUT2D eigenvalue weighted by molar-refractivity contribution is 0.0657. The molecule has 0 saturated carbocycles. The zero-order valence-electron chi connectivity index (χ0n) is 17.0. The van der Waals surface area contributed by atoms with Crippen molar-refractivity contribution in [1.29, 1.82) is 0 Å². The van der Waals surface area contributed by atoms with Crippen molar-refractivity contribution < 1.29 is 14.3 Å². The van der Waals surface area contributed by atoms with Crippen LogP contribution in [-0.2, 0) is 6.54 Å². The van der Waals surface area contributed by atoms with Crippen molar-refractivity contribution in [3.8, 4) is 5.75 Å². The second kappa shape index (κ2) is 9.23. The molecule has 0 aliphatic carbocycles. The highest BCUT2D eigenvalue weighted by molar-refractivity contribution is 6.21. The number of nitrogens with one attached hydrogen (secondary N) is 2. The average molecular weight is 394 g/mol. The van der Waals surface area contributed by atoms with Gasteiger partial charge in [-0.3, -0.25) is 14.5 Å². The average Bonchev–Trinajstić information content (AvgIpc) is 2.97. The number of guanidine groups is 1. The summed E-state index contributed by atoms with van der Waals surface area (Å²) in [5.74, 6) is 0.917. The summed E-state index contributed by atoms with van der Waals surface area (Å²) >= 11 is 0. The van der Waals surface area contributed by atoms with E-state index in [-0.39, 0.29) is 18.4 Å². The number of hydrogen-bond donors (Lipinski definition) is 2. The number of fused-ring (bicyclic) bond motifs is 1. The lowest BCUT2D eigenvalue weighted by Gasteiger charge is -2.16. The van der Waals surface area contributed by atoms with Crippen LogP contribution in [0.15, 0.2) is 47.5 Å². The van der Waals surface area contributed by atoms with Gasteiger partial charge in [0, 0.05) is 25.2 Å². The minimum Gasteiger partial charge on any atom is -0.496 e. The highest BCUT2D eigenvalue weighted by atomic mass is 16.5. The molecule has 0 bridgehead atoms. The molecule has 1 aliphatic heterocycles. The molecule has 1 heterocycles. The second-order valence-electron chi connectivity index (χ2n) is 6.74. The Bertz CT molecular complexity index is 904. The van der Waals surface area contributed by atoms with E-state index in [2.05, 4.69) is 15.6 Å². The van der Waals surface area contributed by atoms with E-state index >= 15 is 0 Å². The number of rotatable bonds is 7. The molecule has 2 aromatic rings. The number of nitrogens with zero attached hydrogens (tertiary/aromatic N) is 2. The maximum atomic E-state index is 12.4. The number of hydrogen-bond acceptors (Lipinski definition) is 4. The van der Waals surface area contributed by atoms with Gasteiger partial charge in [-0.05, 0) is 37.6 Å². The number of ether oxygens (including phenoxy) is 1. The summed E-state index contributed by atoms with van der Waals surface area (Å²) in [5.41, 5.74) is 3.03. The molecule has 7 heteroatoms. The highest BCUT2D eigenvalue weighted by Crippen LogP contribution is 2.22. The van der Waals surface area contributed by atoms with Crippen molar-refractivity contribution >= 4 is 17.8 Å². The Labute approximate surface area is 170 Å². The molecule has 7 nitrogen and oxygen atoms in total.